The van der Waals surface area contributed by atoms with Crippen molar-refractivity contribution < 1.29 is 4.79 Å². The third-order valence-corrected chi connectivity index (χ3v) is 4.52. The van der Waals surface area contributed by atoms with Crippen molar-refractivity contribution in [1.82, 2.24) is 20.5 Å². The molecule has 1 aromatic heterocycles. The number of aryl methyl sites for hydroxylation is 2. The summed E-state index contributed by atoms with van der Waals surface area (Å²) >= 11 is 0. The van der Waals surface area contributed by atoms with Crippen LogP contribution in [0.1, 0.15) is 37.1 Å². The van der Waals surface area contributed by atoms with Gasteiger partial charge in [0.1, 0.15) is 0 Å². The molecule has 1 atom stereocenters. The van der Waals surface area contributed by atoms with Crippen LogP contribution in [0.4, 0.5) is 4.79 Å². The number of hydrogen-bond donors (Lipinski definition) is 3. The van der Waals surface area contributed by atoms with E-state index in [0.29, 0.717) is 24.1 Å². The van der Waals surface area contributed by atoms with E-state index >= 15 is 0 Å². The zero-order valence-corrected chi connectivity index (χ0v) is 14.5. The van der Waals surface area contributed by atoms with E-state index in [1.54, 1.807) is 0 Å². The molecular formula is C17H28N4O2. The number of hydrogen-bond acceptors (Lipinski definition) is 3. The molecule has 1 aromatic rings. The molecular weight excluding hydrogens is 292 g/mol. The summed E-state index contributed by atoms with van der Waals surface area (Å²) in [5.41, 5.74) is 2.20. The van der Waals surface area contributed by atoms with Crippen LogP contribution in [-0.4, -0.2) is 41.6 Å². The van der Waals surface area contributed by atoms with Crippen LogP contribution < -0.4 is 16.2 Å². The zero-order valence-electron chi connectivity index (χ0n) is 14.5. The van der Waals surface area contributed by atoms with Gasteiger partial charge < -0.3 is 20.5 Å². The topological polar surface area (TPSA) is 77.2 Å². The zero-order chi connectivity index (χ0) is 17.0. The first-order valence-electron chi connectivity index (χ1n) is 8.32. The normalized spacial score (nSPS) is 18.4. The number of carbonyl (C=O) groups is 1. The number of nitrogens with zero attached hydrogens (tertiary/aromatic N) is 1. The Morgan fingerprint density at radius 2 is 2.13 bits per heavy atom. The minimum Gasteiger partial charge on any atom is -0.338 e. The van der Waals surface area contributed by atoms with Gasteiger partial charge in [0.25, 0.3) is 5.56 Å². The molecule has 0 aromatic carbocycles. The van der Waals surface area contributed by atoms with Crippen LogP contribution in [0.25, 0.3) is 0 Å². The second-order valence-electron chi connectivity index (χ2n) is 6.75. The maximum absolute atomic E-state index is 11.9. The van der Waals surface area contributed by atoms with E-state index in [4.69, 9.17) is 0 Å². The molecule has 1 saturated heterocycles. The maximum atomic E-state index is 11.9. The predicted molar refractivity (Wildman–Crippen MR) is 91.6 cm³/mol. The Morgan fingerprint density at radius 3 is 2.74 bits per heavy atom. The molecule has 23 heavy (non-hydrogen) atoms. The third-order valence-electron chi connectivity index (χ3n) is 4.52. The van der Waals surface area contributed by atoms with Crippen LogP contribution in [-0.2, 0) is 6.54 Å². The first kappa shape index (κ1) is 17.5. The van der Waals surface area contributed by atoms with Gasteiger partial charge in [0, 0.05) is 30.4 Å². The molecule has 3 N–H and O–H groups in total. The van der Waals surface area contributed by atoms with Gasteiger partial charge in [0.05, 0.1) is 6.54 Å². The van der Waals surface area contributed by atoms with Crippen LogP contribution in [0.15, 0.2) is 10.9 Å². The summed E-state index contributed by atoms with van der Waals surface area (Å²) in [5.74, 6) is 0.507. The Morgan fingerprint density at radius 1 is 1.39 bits per heavy atom. The molecule has 2 amide bonds. The molecule has 2 heterocycles. The summed E-state index contributed by atoms with van der Waals surface area (Å²) in [4.78, 5) is 29.0. The Hall–Kier alpha value is -1.82. The molecule has 6 heteroatoms. The lowest BCUT2D eigenvalue weighted by Gasteiger charge is -2.20. The summed E-state index contributed by atoms with van der Waals surface area (Å²) < 4.78 is 0. The molecule has 2 rings (SSSR count). The highest BCUT2D eigenvalue weighted by Crippen LogP contribution is 2.17. The van der Waals surface area contributed by atoms with Crippen molar-refractivity contribution in [2.24, 2.45) is 5.92 Å². The Bertz CT molecular complexity index is 609. The average Bonchev–Trinajstić information content (AvgIpc) is 2.93. The number of H-pyrrole nitrogens is 1. The lowest BCUT2D eigenvalue weighted by Crippen LogP contribution is -2.39. The van der Waals surface area contributed by atoms with Crippen molar-refractivity contribution in [3.8, 4) is 0 Å². The maximum Gasteiger partial charge on any atom is 0.315 e. The molecule has 0 radical (unpaired) electrons. The van der Waals surface area contributed by atoms with E-state index in [9.17, 15) is 9.59 Å². The van der Waals surface area contributed by atoms with E-state index in [0.717, 1.165) is 30.8 Å². The average molecular weight is 320 g/mol. The minimum absolute atomic E-state index is 0.133. The summed E-state index contributed by atoms with van der Waals surface area (Å²) in [6, 6.07) is 2.26. The monoisotopic (exact) mass is 320 g/mol. The second-order valence-corrected chi connectivity index (χ2v) is 6.75. The SMILES string of the molecule is Cc1cc(C)c(CNC(=O)NCC2CCN(C(C)C)C2)c(=O)[nH]1. The van der Waals surface area contributed by atoms with Crippen LogP contribution in [0.5, 0.6) is 0 Å². The summed E-state index contributed by atoms with van der Waals surface area (Å²) in [5, 5.41) is 5.69. The summed E-state index contributed by atoms with van der Waals surface area (Å²) in [6.07, 6.45) is 1.12. The van der Waals surface area contributed by atoms with Gasteiger partial charge in [-0.3, -0.25) is 4.79 Å². The molecule has 1 aliphatic rings. The highest BCUT2D eigenvalue weighted by atomic mass is 16.2. The molecule has 0 aliphatic carbocycles. The lowest BCUT2D eigenvalue weighted by molar-refractivity contribution is 0.236. The molecule has 1 unspecified atom stereocenters. The van der Waals surface area contributed by atoms with Crippen molar-refractivity contribution >= 4 is 6.03 Å². The molecule has 6 nitrogen and oxygen atoms in total. The van der Waals surface area contributed by atoms with Gasteiger partial charge in [0.2, 0.25) is 0 Å². The van der Waals surface area contributed by atoms with E-state index < -0.39 is 0 Å². The standard InChI is InChI=1S/C17H28N4O2/c1-11(2)21-6-5-14(10-21)8-18-17(23)19-9-15-12(3)7-13(4)20-16(15)22/h7,11,14H,5-6,8-10H2,1-4H3,(H,20,22)(H2,18,19,23). The number of amides is 2. The quantitative estimate of drug-likeness (QED) is 0.770. The van der Waals surface area contributed by atoms with Gasteiger partial charge in [-0.25, -0.2) is 4.79 Å². The van der Waals surface area contributed by atoms with Crippen molar-refractivity contribution in [3.05, 3.63) is 33.2 Å². The summed E-state index contributed by atoms with van der Waals surface area (Å²) in [6.45, 7) is 11.2. The molecule has 0 saturated carbocycles. The van der Waals surface area contributed by atoms with Gasteiger partial charge in [-0.05, 0) is 58.2 Å². The predicted octanol–water partition coefficient (Wildman–Crippen LogP) is 1.52. The van der Waals surface area contributed by atoms with Gasteiger partial charge in [0.15, 0.2) is 0 Å². The first-order valence-corrected chi connectivity index (χ1v) is 8.32. The number of likely N-dealkylation sites (tertiary alicyclic amines) is 1. The van der Waals surface area contributed by atoms with E-state index in [1.165, 1.54) is 0 Å². The van der Waals surface area contributed by atoms with Crippen molar-refractivity contribution in [1.29, 1.82) is 0 Å². The van der Waals surface area contributed by atoms with Gasteiger partial charge >= 0.3 is 6.03 Å². The molecule has 1 fully saturated rings. The van der Waals surface area contributed by atoms with Gasteiger partial charge in [-0.1, -0.05) is 0 Å². The number of aromatic nitrogens is 1. The van der Waals surface area contributed by atoms with Crippen molar-refractivity contribution in [3.63, 3.8) is 0 Å². The largest absolute Gasteiger partial charge is 0.338 e. The lowest BCUT2D eigenvalue weighted by atomic mass is 10.1. The number of pyridine rings is 1. The van der Waals surface area contributed by atoms with Crippen molar-refractivity contribution in [2.45, 2.75) is 46.7 Å². The number of carbonyl (C=O) groups excluding carboxylic acids is 1. The first-order chi connectivity index (χ1) is 10.9. The van der Waals surface area contributed by atoms with Gasteiger partial charge in [-0.15, -0.1) is 0 Å². The number of rotatable bonds is 5. The third kappa shape index (κ3) is 4.82. The Balaban J connectivity index is 1.77. The molecule has 1 aliphatic heterocycles. The van der Waals surface area contributed by atoms with Crippen LogP contribution in [0, 0.1) is 19.8 Å². The van der Waals surface area contributed by atoms with Crippen molar-refractivity contribution in [2.75, 3.05) is 19.6 Å². The molecule has 0 bridgehead atoms. The van der Waals surface area contributed by atoms with Crippen LogP contribution in [0.2, 0.25) is 0 Å². The van der Waals surface area contributed by atoms with Gasteiger partial charge in [-0.2, -0.15) is 0 Å². The van der Waals surface area contributed by atoms with E-state index in [-0.39, 0.29) is 18.1 Å². The molecule has 128 valence electrons. The fraction of sp³-hybridized carbons (Fsp3) is 0.647. The number of aromatic amines is 1. The fourth-order valence-electron chi connectivity index (χ4n) is 3.07. The Labute approximate surface area is 137 Å². The fourth-order valence-corrected chi connectivity index (χ4v) is 3.07. The number of nitrogens with one attached hydrogen (secondary N) is 3. The minimum atomic E-state index is -0.215. The second kappa shape index (κ2) is 7.64. The van der Waals surface area contributed by atoms with Crippen LogP contribution >= 0.6 is 0 Å². The Kier molecular flexibility index (Phi) is 5.82. The number of urea groups is 1. The van der Waals surface area contributed by atoms with E-state index in [1.807, 2.05) is 19.9 Å². The smallest absolute Gasteiger partial charge is 0.315 e. The highest BCUT2D eigenvalue weighted by molar-refractivity contribution is 5.73. The summed E-state index contributed by atoms with van der Waals surface area (Å²) in [7, 11) is 0. The van der Waals surface area contributed by atoms with Crippen LogP contribution in [0.3, 0.4) is 0 Å². The molecule has 0 spiro atoms. The highest BCUT2D eigenvalue weighted by Gasteiger charge is 2.24. The van der Waals surface area contributed by atoms with E-state index in [2.05, 4.69) is 34.4 Å².